The summed E-state index contributed by atoms with van der Waals surface area (Å²) in [6.07, 6.45) is 2.62. The van der Waals surface area contributed by atoms with Crippen molar-refractivity contribution in [1.82, 2.24) is 4.98 Å². The molecule has 0 aliphatic heterocycles. The molecule has 0 saturated heterocycles. The smallest absolute Gasteiger partial charge is 0.306 e. The number of aliphatic carboxylic acids is 1. The zero-order valence-electron chi connectivity index (χ0n) is 11.5. The van der Waals surface area contributed by atoms with Crippen molar-refractivity contribution in [2.24, 2.45) is 5.92 Å². The summed E-state index contributed by atoms with van der Waals surface area (Å²) in [5.41, 5.74) is 1.08. The molecule has 5 heteroatoms. The van der Waals surface area contributed by atoms with Crippen molar-refractivity contribution in [3.05, 3.63) is 10.6 Å². The lowest BCUT2D eigenvalue weighted by Crippen LogP contribution is -2.16. The van der Waals surface area contributed by atoms with Crippen LogP contribution in [-0.2, 0) is 4.79 Å². The van der Waals surface area contributed by atoms with Crippen molar-refractivity contribution in [2.75, 3.05) is 5.32 Å². The van der Waals surface area contributed by atoms with Crippen LogP contribution in [0.5, 0.6) is 0 Å². The van der Waals surface area contributed by atoms with Crippen molar-refractivity contribution < 1.29 is 9.90 Å². The number of nitrogens with zero attached hydrogens (tertiary/aromatic N) is 1. The summed E-state index contributed by atoms with van der Waals surface area (Å²) in [7, 11) is 0. The first-order valence-corrected chi connectivity index (χ1v) is 7.15. The zero-order valence-corrected chi connectivity index (χ0v) is 12.3. The van der Waals surface area contributed by atoms with Crippen molar-refractivity contribution in [3.8, 4) is 0 Å². The van der Waals surface area contributed by atoms with Crippen LogP contribution < -0.4 is 5.32 Å². The number of rotatable bonds is 7. The highest BCUT2D eigenvalue weighted by Gasteiger charge is 2.12. The first-order valence-electron chi connectivity index (χ1n) is 6.33. The molecule has 0 aromatic carbocycles. The Hall–Kier alpha value is -1.10. The van der Waals surface area contributed by atoms with Crippen LogP contribution in [0.25, 0.3) is 0 Å². The second kappa shape index (κ2) is 6.73. The molecular weight excluding hydrogens is 248 g/mol. The van der Waals surface area contributed by atoms with Gasteiger partial charge in [-0.15, -0.1) is 11.3 Å². The maximum absolute atomic E-state index is 10.7. The Morgan fingerprint density at radius 1 is 1.39 bits per heavy atom. The number of carbonyl (C=O) groups is 1. The van der Waals surface area contributed by atoms with Gasteiger partial charge in [-0.3, -0.25) is 4.79 Å². The Morgan fingerprint density at radius 3 is 2.56 bits per heavy atom. The predicted molar refractivity (Wildman–Crippen MR) is 75.3 cm³/mol. The van der Waals surface area contributed by atoms with Gasteiger partial charge < -0.3 is 10.4 Å². The third kappa shape index (κ3) is 4.64. The Labute approximate surface area is 112 Å². The van der Waals surface area contributed by atoms with Crippen molar-refractivity contribution in [3.63, 3.8) is 0 Å². The van der Waals surface area contributed by atoms with E-state index in [-0.39, 0.29) is 5.92 Å². The number of aryl methyl sites for hydroxylation is 2. The highest BCUT2D eigenvalue weighted by atomic mass is 32.1. The Kier molecular flexibility index (Phi) is 5.59. The monoisotopic (exact) mass is 270 g/mol. The highest BCUT2D eigenvalue weighted by Crippen LogP contribution is 2.22. The second-order valence-corrected chi connectivity index (χ2v) is 6.08. The van der Waals surface area contributed by atoms with Gasteiger partial charge in [-0.2, -0.15) is 0 Å². The summed E-state index contributed by atoms with van der Waals surface area (Å²) in [6.45, 7) is 7.94. The highest BCUT2D eigenvalue weighted by molar-refractivity contribution is 7.15. The summed E-state index contributed by atoms with van der Waals surface area (Å²) in [4.78, 5) is 16.4. The van der Waals surface area contributed by atoms with Crippen LogP contribution in [-0.4, -0.2) is 22.1 Å². The molecule has 0 spiro atoms. The molecule has 4 nitrogen and oxygen atoms in total. The lowest BCUT2D eigenvalue weighted by molar-refractivity contribution is -0.141. The predicted octanol–water partition coefficient (Wildman–Crippen LogP) is 3.45. The maximum Gasteiger partial charge on any atom is 0.306 e. The lowest BCUT2D eigenvalue weighted by atomic mass is 10.0. The van der Waals surface area contributed by atoms with E-state index in [2.05, 4.69) is 24.1 Å². The fourth-order valence-electron chi connectivity index (χ4n) is 1.67. The van der Waals surface area contributed by atoms with Crippen LogP contribution in [0.2, 0.25) is 0 Å². The van der Waals surface area contributed by atoms with E-state index >= 15 is 0 Å². The van der Waals surface area contributed by atoms with Gasteiger partial charge >= 0.3 is 5.97 Å². The normalized spacial score (nSPS) is 14.2. The molecule has 1 rings (SSSR count). The summed E-state index contributed by atoms with van der Waals surface area (Å²) in [5.74, 6) is -0.955. The number of aromatic nitrogens is 1. The molecule has 0 aliphatic carbocycles. The minimum absolute atomic E-state index is 0.249. The average molecular weight is 270 g/mol. The van der Waals surface area contributed by atoms with Crippen molar-refractivity contribution >= 4 is 22.4 Å². The summed E-state index contributed by atoms with van der Waals surface area (Å²) in [5, 5.41) is 13.1. The fourth-order valence-corrected chi connectivity index (χ4v) is 2.60. The maximum atomic E-state index is 10.7. The molecular formula is C13H22N2O2S. The van der Waals surface area contributed by atoms with E-state index < -0.39 is 5.97 Å². The van der Waals surface area contributed by atoms with Gasteiger partial charge in [-0.05, 0) is 33.6 Å². The van der Waals surface area contributed by atoms with Crippen LogP contribution in [0, 0.1) is 19.8 Å². The van der Waals surface area contributed by atoms with E-state index in [1.54, 1.807) is 18.3 Å². The summed E-state index contributed by atoms with van der Waals surface area (Å²) in [6, 6.07) is 0.330. The molecule has 1 aromatic heterocycles. The van der Waals surface area contributed by atoms with Gasteiger partial charge in [0.2, 0.25) is 0 Å². The molecule has 2 N–H and O–H groups in total. The Bertz CT molecular complexity index is 384. The molecule has 0 saturated carbocycles. The second-order valence-electron chi connectivity index (χ2n) is 4.88. The molecule has 18 heavy (non-hydrogen) atoms. The van der Waals surface area contributed by atoms with E-state index in [1.807, 2.05) is 6.92 Å². The van der Waals surface area contributed by atoms with Crippen LogP contribution in [0.4, 0.5) is 5.13 Å². The van der Waals surface area contributed by atoms with Gasteiger partial charge in [0.25, 0.3) is 0 Å². The van der Waals surface area contributed by atoms with Gasteiger partial charge in [-0.1, -0.05) is 13.3 Å². The van der Waals surface area contributed by atoms with Crippen LogP contribution in [0.1, 0.15) is 43.7 Å². The number of thiazole rings is 1. The summed E-state index contributed by atoms with van der Waals surface area (Å²) < 4.78 is 0. The standard InChI is InChI=1S/C13H22N2O2S/c1-8(12(16)17)6-5-7-9(2)14-13-15-10(3)11(4)18-13/h8-9H,5-7H2,1-4H3,(H,14,15)(H,16,17). The molecule has 0 bridgehead atoms. The fraction of sp³-hybridized carbons (Fsp3) is 0.692. The topological polar surface area (TPSA) is 62.2 Å². The molecule has 1 heterocycles. The number of carboxylic acids is 1. The lowest BCUT2D eigenvalue weighted by Gasteiger charge is -2.13. The third-order valence-electron chi connectivity index (χ3n) is 3.09. The molecule has 2 atom stereocenters. The minimum atomic E-state index is -0.707. The van der Waals surface area contributed by atoms with Crippen LogP contribution >= 0.6 is 11.3 Å². The van der Waals surface area contributed by atoms with E-state index in [1.165, 1.54) is 4.88 Å². The first kappa shape index (κ1) is 15.0. The largest absolute Gasteiger partial charge is 0.481 e. The molecule has 0 amide bonds. The molecule has 1 aromatic rings. The minimum Gasteiger partial charge on any atom is -0.481 e. The van der Waals surface area contributed by atoms with Gasteiger partial charge in [0.1, 0.15) is 0 Å². The quantitative estimate of drug-likeness (QED) is 0.796. The van der Waals surface area contributed by atoms with Gasteiger partial charge in [0.15, 0.2) is 5.13 Å². The van der Waals surface area contributed by atoms with E-state index in [0.29, 0.717) is 6.04 Å². The van der Waals surface area contributed by atoms with Crippen molar-refractivity contribution in [2.45, 2.75) is 53.0 Å². The van der Waals surface area contributed by atoms with Crippen LogP contribution in [0.3, 0.4) is 0 Å². The number of carboxylic acid groups (broad SMARTS) is 1. The summed E-state index contributed by atoms with van der Waals surface area (Å²) >= 11 is 1.67. The molecule has 0 aliphatic rings. The van der Waals surface area contributed by atoms with Crippen LogP contribution in [0.15, 0.2) is 0 Å². The molecule has 0 radical (unpaired) electrons. The molecule has 0 fully saturated rings. The zero-order chi connectivity index (χ0) is 13.7. The van der Waals surface area contributed by atoms with E-state index in [0.717, 1.165) is 30.1 Å². The van der Waals surface area contributed by atoms with E-state index in [4.69, 9.17) is 5.11 Å². The first-order chi connectivity index (χ1) is 8.40. The van der Waals surface area contributed by atoms with Gasteiger partial charge in [0.05, 0.1) is 11.6 Å². The van der Waals surface area contributed by atoms with Crippen molar-refractivity contribution in [1.29, 1.82) is 0 Å². The Morgan fingerprint density at radius 2 is 2.06 bits per heavy atom. The number of nitrogens with one attached hydrogen (secondary N) is 1. The van der Waals surface area contributed by atoms with Gasteiger partial charge in [-0.25, -0.2) is 4.98 Å². The number of hydrogen-bond acceptors (Lipinski definition) is 4. The number of anilines is 1. The molecule has 2 unspecified atom stereocenters. The third-order valence-corrected chi connectivity index (χ3v) is 4.10. The van der Waals surface area contributed by atoms with E-state index in [9.17, 15) is 4.79 Å². The molecule has 102 valence electrons. The number of hydrogen-bond donors (Lipinski definition) is 2. The SMILES string of the molecule is Cc1nc(NC(C)CCCC(C)C(=O)O)sc1C. The Balaban J connectivity index is 2.29. The average Bonchev–Trinajstić information content (AvgIpc) is 2.57. The van der Waals surface area contributed by atoms with Gasteiger partial charge in [0, 0.05) is 10.9 Å².